The molecule has 2 aliphatic rings. The highest BCUT2D eigenvalue weighted by molar-refractivity contribution is 9.10. The highest BCUT2D eigenvalue weighted by atomic mass is 79.9. The Morgan fingerprint density at radius 1 is 0.951 bits per heavy atom. The average molecular weight is 633 g/mol. The molecular weight excluding hydrogens is 603 g/mol. The average Bonchev–Trinajstić information content (AvgIpc) is 3.25. The van der Waals surface area contributed by atoms with Crippen molar-refractivity contribution in [3.8, 4) is 5.69 Å². The normalized spacial score (nSPS) is 18.8. The van der Waals surface area contributed by atoms with Crippen LogP contribution in [0.2, 0.25) is 0 Å². The fourth-order valence-corrected chi connectivity index (χ4v) is 10.2. The standard InChI is InChI=1S/C30H30BrN6O3P/c1-21-9-11-24(12-10-21)35-22(2)27-20-32-36(25-7-5-4-6-8-25)41(30(27)23(35)3,34-15-17-40-18-16-34)33-29-14-13-26(37(38)39)19-28(29)31/h4-14,19-20H,15-18H2,1-3H3/t41-/m1/s1. The lowest BCUT2D eigenvalue weighted by Gasteiger charge is -2.45. The van der Waals surface area contributed by atoms with E-state index in [0.29, 0.717) is 36.5 Å². The van der Waals surface area contributed by atoms with Crippen molar-refractivity contribution in [2.75, 3.05) is 31.1 Å². The van der Waals surface area contributed by atoms with Crippen LogP contribution in [0.3, 0.4) is 0 Å². The molecule has 0 saturated carbocycles. The van der Waals surface area contributed by atoms with Gasteiger partial charge in [0, 0.05) is 47.9 Å². The molecule has 2 aliphatic heterocycles. The molecule has 1 aromatic heterocycles. The monoisotopic (exact) mass is 632 g/mol. The summed E-state index contributed by atoms with van der Waals surface area (Å²) in [5.41, 5.74) is 7.09. The highest BCUT2D eigenvalue weighted by Crippen LogP contribution is 2.62. The first kappa shape index (κ1) is 27.6. The predicted octanol–water partition coefficient (Wildman–Crippen LogP) is 7.25. The fourth-order valence-electron chi connectivity index (χ4n) is 5.62. The number of hydrogen-bond donors (Lipinski definition) is 0. The first-order chi connectivity index (χ1) is 19.8. The second kappa shape index (κ2) is 11.0. The van der Waals surface area contributed by atoms with E-state index in [2.05, 4.69) is 87.1 Å². The van der Waals surface area contributed by atoms with Crippen molar-refractivity contribution >= 4 is 51.9 Å². The van der Waals surface area contributed by atoms with Crippen molar-refractivity contribution in [2.45, 2.75) is 20.8 Å². The summed E-state index contributed by atoms with van der Waals surface area (Å²) in [6.45, 7) is 8.89. The molecule has 9 nitrogen and oxygen atoms in total. The van der Waals surface area contributed by atoms with Crippen molar-refractivity contribution in [2.24, 2.45) is 9.85 Å². The molecule has 0 amide bonds. The molecule has 0 unspecified atom stereocenters. The molecule has 210 valence electrons. The van der Waals surface area contributed by atoms with Gasteiger partial charge in [-0.15, -0.1) is 0 Å². The predicted molar refractivity (Wildman–Crippen MR) is 168 cm³/mol. The SMILES string of the molecule is Cc1ccc(-n2c(C)c3c(c2C)[P@@](=Nc2ccc([N+](=O)[O-])cc2Br)(N2CCOCC2)N(c2ccccc2)N=C3)cc1. The number of fused-ring (bicyclic) bond motifs is 1. The number of halogens is 1. The second-order valence-electron chi connectivity index (χ2n) is 10.1. The molecule has 3 heterocycles. The number of rotatable bonds is 5. The van der Waals surface area contributed by atoms with E-state index in [0.717, 1.165) is 33.6 Å². The van der Waals surface area contributed by atoms with E-state index in [1.165, 1.54) is 17.7 Å². The van der Waals surface area contributed by atoms with Crippen LogP contribution in [0.4, 0.5) is 17.1 Å². The third-order valence-corrected chi connectivity index (χ3v) is 11.9. The zero-order valence-electron chi connectivity index (χ0n) is 23.1. The summed E-state index contributed by atoms with van der Waals surface area (Å²) >= 11 is 3.60. The quantitative estimate of drug-likeness (QED) is 0.131. The van der Waals surface area contributed by atoms with Gasteiger partial charge >= 0.3 is 0 Å². The van der Waals surface area contributed by atoms with Crippen molar-refractivity contribution in [3.05, 3.63) is 110 Å². The molecule has 1 saturated heterocycles. The number of anilines is 1. The Kier molecular flexibility index (Phi) is 7.42. The molecule has 4 aromatic rings. The van der Waals surface area contributed by atoms with Crippen LogP contribution in [-0.2, 0) is 4.74 Å². The number of nitrogens with zero attached hydrogens (tertiary/aromatic N) is 6. The van der Waals surface area contributed by atoms with Crippen LogP contribution >= 0.6 is 23.3 Å². The molecular formula is C30H30BrN6O3P. The van der Waals surface area contributed by atoms with Crippen molar-refractivity contribution in [1.29, 1.82) is 0 Å². The van der Waals surface area contributed by atoms with Gasteiger partial charge in [0.15, 0.2) is 7.36 Å². The minimum atomic E-state index is -2.86. The summed E-state index contributed by atoms with van der Waals surface area (Å²) < 4.78 is 18.8. The molecule has 0 spiro atoms. The molecule has 0 radical (unpaired) electrons. The van der Waals surface area contributed by atoms with Crippen LogP contribution < -0.4 is 10.1 Å². The summed E-state index contributed by atoms with van der Waals surface area (Å²) in [6, 6.07) is 23.4. The van der Waals surface area contributed by atoms with Gasteiger partial charge in [-0.3, -0.25) is 10.1 Å². The van der Waals surface area contributed by atoms with E-state index in [1.807, 2.05) is 24.4 Å². The topological polar surface area (TPSA) is 88.5 Å². The second-order valence-corrected chi connectivity index (χ2v) is 13.7. The van der Waals surface area contributed by atoms with E-state index in [4.69, 9.17) is 14.6 Å². The third kappa shape index (κ3) is 4.75. The van der Waals surface area contributed by atoms with Crippen molar-refractivity contribution in [3.63, 3.8) is 0 Å². The zero-order chi connectivity index (χ0) is 28.7. The van der Waals surface area contributed by atoms with Crippen LogP contribution in [-0.4, -0.2) is 46.7 Å². The zero-order valence-corrected chi connectivity index (χ0v) is 25.5. The van der Waals surface area contributed by atoms with Crippen LogP contribution in [0.25, 0.3) is 5.69 Å². The Labute approximate surface area is 247 Å². The number of morpholine rings is 1. The van der Waals surface area contributed by atoms with Gasteiger partial charge in [0.05, 0.1) is 45.5 Å². The Balaban J connectivity index is 1.71. The van der Waals surface area contributed by atoms with Gasteiger partial charge in [-0.2, -0.15) is 5.10 Å². The summed E-state index contributed by atoms with van der Waals surface area (Å²) in [4.78, 5) is 11.1. The van der Waals surface area contributed by atoms with Crippen LogP contribution in [0.5, 0.6) is 0 Å². The van der Waals surface area contributed by atoms with Crippen molar-refractivity contribution < 1.29 is 9.66 Å². The van der Waals surface area contributed by atoms with Gasteiger partial charge in [-0.25, -0.2) is 14.2 Å². The van der Waals surface area contributed by atoms with Crippen molar-refractivity contribution in [1.82, 2.24) is 9.24 Å². The summed E-state index contributed by atoms with van der Waals surface area (Å²) in [6.07, 6.45) is 1.95. The largest absolute Gasteiger partial charge is 0.379 e. The molecule has 3 aromatic carbocycles. The molecule has 0 bridgehead atoms. The Morgan fingerprint density at radius 2 is 1.66 bits per heavy atom. The molecule has 0 N–H and O–H groups in total. The lowest BCUT2D eigenvalue weighted by molar-refractivity contribution is -0.384. The Hall–Kier alpha value is -3.56. The number of aryl methyl sites for hydroxylation is 1. The number of benzene rings is 3. The molecule has 1 fully saturated rings. The lowest BCUT2D eigenvalue weighted by Crippen LogP contribution is -2.44. The number of nitro groups is 1. The van der Waals surface area contributed by atoms with Gasteiger partial charge in [-0.05, 0) is 67.0 Å². The Morgan fingerprint density at radius 3 is 2.32 bits per heavy atom. The maximum atomic E-state index is 11.5. The smallest absolute Gasteiger partial charge is 0.270 e. The first-order valence-corrected chi connectivity index (χ1v) is 15.8. The maximum Gasteiger partial charge on any atom is 0.270 e. The minimum absolute atomic E-state index is 0.00870. The molecule has 11 heteroatoms. The maximum absolute atomic E-state index is 11.5. The lowest BCUT2D eigenvalue weighted by atomic mass is 10.2. The van der Waals surface area contributed by atoms with Gasteiger partial charge in [-0.1, -0.05) is 35.9 Å². The number of para-hydroxylation sites is 1. The number of ether oxygens (including phenoxy) is 1. The van der Waals surface area contributed by atoms with Gasteiger partial charge in [0.2, 0.25) is 0 Å². The van der Waals surface area contributed by atoms with Crippen LogP contribution in [0.15, 0.2) is 87.1 Å². The molecule has 0 aliphatic carbocycles. The number of non-ortho nitro benzene ring substituents is 1. The third-order valence-electron chi connectivity index (χ3n) is 7.57. The number of nitro benzene ring substituents is 1. The van der Waals surface area contributed by atoms with Gasteiger partial charge in [0.1, 0.15) is 0 Å². The first-order valence-electron chi connectivity index (χ1n) is 13.4. The van der Waals surface area contributed by atoms with E-state index >= 15 is 0 Å². The van der Waals surface area contributed by atoms with Crippen LogP contribution in [0.1, 0.15) is 22.5 Å². The molecule has 1 atom stereocenters. The highest BCUT2D eigenvalue weighted by Gasteiger charge is 2.45. The van der Waals surface area contributed by atoms with Crippen LogP contribution in [0, 0.1) is 30.9 Å². The number of hydrogen-bond acceptors (Lipinski definition) is 5. The van der Waals surface area contributed by atoms with E-state index in [-0.39, 0.29) is 5.69 Å². The van der Waals surface area contributed by atoms with Gasteiger partial charge < -0.3 is 9.30 Å². The number of aromatic nitrogens is 1. The number of hydrazone groups is 1. The summed E-state index contributed by atoms with van der Waals surface area (Å²) in [5.74, 6) is 0. The van der Waals surface area contributed by atoms with E-state index in [1.54, 1.807) is 6.07 Å². The van der Waals surface area contributed by atoms with E-state index < -0.39 is 12.3 Å². The molecule has 6 rings (SSSR count). The van der Waals surface area contributed by atoms with Gasteiger partial charge in [0.25, 0.3) is 5.69 Å². The molecule has 41 heavy (non-hydrogen) atoms. The summed E-state index contributed by atoms with van der Waals surface area (Å²) in [5, 5.41) is 17.8. The Bertz CT molecular complexity index is 1710. The van der Waals surface area contributed by atoms with E-state index in [9.17, 15) is 10.1 Å². The fraction of sp³-hybridized carbons (Fsp3) is 0.233. The minimum Gasteiger partial charge on any atom is -0.379 e. The summed E-state index contributed by atoms with van der Waals surface area (Å²) in [7, 11) is -2.86.